The smallest absolute Gasteiger partial charge is 0.252 e. The van der Waals surface area contributed by atoms with Crippen LogP contribution in [0, 0.1) is 4.91 Å². The number of nitrogens with zero attached hydrogens (tertiary/aromatic N) is 1. The molecule has 0 aromatic heterocycles. The fourth-order valence-electron chi connectivity index (χ4n) is 0.900. The van der Waals surface area contributed by atoms with E-state index in [9.17, 15) is 9.70 Å². The number of carbonyl (C=O) groups is 1. The molecule has 0 aliphatic rings. The highest BCUT2D eigenvalue weighted by Crippen LogP contribution is 2.27. The molecule has 0 spiro atoms. The summed E-state index contributed by atoms with van der Waals surface area (Å²) in [7, 11) is 1.49. The Hall–Kier alpha value is -1.42. The van der Waals surface area contributed by atoms with Crippen LogP contribution in [-0.2, 0) is 0 Å². The summed E-state index contributed by atoms with van der Waals surface area (Å²) in [4.78, 5) is 21.4. The Morgan fingerprint density at radius 1 is 1.54 bits per heavy atom. The van der Waals surface area contributed by atoms with Gasteiger partial charge in [-0.25, -0.2) is 0 Å². The number of hydrogen-bond donors (Lipinski definition) is 1. The van der Waals surface area contributed by atoms with Crippen molar-refractivity contribution in [2.45, 2.75) is 0 Å². The molecular formula is C8H7ClN2O2. The maximum Gasteiger partial charge on any atom is 0.252 e. The molecule has 0 saturated carbocycles. The van der Waals surface area contributed by atoms with Crippen molar-refractivity contribution >= 4 is 23.2 Å². The van der Waals surface area contributed by atoms with Crippen molar-refractivity contribution < 1.29 is 4.79 Å². The lowest BCUT2D eigenvalue weighted by molar-refractivity contribution is 0.0963. The zero-order chi connectivity index (χ0) is 9.84. The number of carbonyl (C=O) groups excluding carboxylic acids is 1. The van der Waals surface area contributed by atoms with Gasteiger partial charge in [0, 0.05) is 7.05 Å². The summed E-state index contributed by atoms with van der Waals surface area (Å²) < 4.78 is 0. The summed E-state index contributed by atoms with van der Waals surface area (Å²) in [5, 5.41) is 5.17. The number of benzene rings is 1. The third kappa shape index (κ3) is 1.84. The monoisotopic (exact) mass is 198 g/mol. The van der Waals surface area contributed by atoms with Gasteiger partial charge in [-0.05, 0) is 17.3 Å². The predicted molar refractivity (Wildman–Crippen MR) is 50.3 cm³/mol. The fourth-order valence-corrected chi connectivity index (χ4v) is 1.15. The first-order chi connectivity index (χ1) is 6.20. The van der Waals surface area contributed by atoms with Crippen molar-refractivity contribution in [3.63, 3.8) is 0 Å². The number of halogens is 1. The molecule has 68 valence electrons. The maximum atomic E-state index is 11.2. The molecule has 0 saturated heterocycles. The molecule has 13 heavy (non-hydrogen) atoms. The number of nitrogens with one attached hydrogen (secondary N) is 1. The van der Waals surface area contributed by atoms with Gasteiger partial charge in [-0.2, -0.15) is 0 Å². The molecule has 0 heterocycles. The van der Waals surface area contributed by atoms with Crippen LogP contribution in [0.2, 0.25) is 5.02 Å². The molecular weight excluding hydrogens is 192 g/mol. The predicted octanol–water partition coefficient (Wildman–Crippen LogP) is 2.10. The molecule has 5 heteroatoms. The van der Waals surface area contributed by atoms with E-state index in [-0.39, 0.29) is 22.2 Å². The summed E-state index contributed by atoms with van der Waals surface area (Å²) in [5.41, 5.74) is 0.323. The van der Waals surface area contributed by atoms with E-state index in [2.05, 4.69) is 10.5 Å². The fraction of sp³-hybridized carbons (Fsp3) is 0.125. The van der Waals surface area contributed by atoms with Crippen LogP contribution in [0.1, 0.15) is 10.4 Å². The number of amides is 1. The third-order valence-electron chi connectivity index (χ3n) is 1.55. The molecule has 0 atom stereocenters. The Morgan fingerprint density at radius 3 is 2.77 bits per heavy atom. The molecule has 0 fully saturated rings. The highest BCUT2D eigenvalue weighted by Gasteiger charge is 2.11. The molecule has 0 aliphatic heterocycles. The third-order valence-corrected chi connectivity index (χ3v) is 1.95. The minimum absolute atomic E-state index is 0.0720. The SMILES string of the molecule is CNC(=O)c1cccc(N=O)c1Cl. The second kappa shape index (κ2) is 4.00. The summed E-state index contributed by atoms with van der Waals surface area (Å²) >= 11 is 5.73. The summed E-state index contributed by atoms with van der Waals surface area (Å²) in [6.07, 6.45) is 0. The quantitative estimate of drug-likeness (QED) is 0.740. The minimum atomic E-state index is -0.337. The second-order valence-electron chi connectivity index (χ2n) is 2.31. The molecule has 1 N–H and O–H groups in total. The molecule has 0 bridgehead atoms. The van der Waals surface area contributed by atoms with Crippen LogP contribution in [0.3, 0.4) is 0 Å². The lowest BCUT2D eigenvalue weighted by Crippen LogP contribution is -2.18. The van der Waals surface area contributed by atoms with E-state index in [1.54, 1.807) is 6.07 Å². The first-order valence-corrected chi connectivity index (χ1v) is 3.92. The van der Waals surface area contributed by atoms with Gasteiger partial charge in [-0.15, -0.1) is 4.91 Å². The zero-order valence-corrected chi connectivity index (χ0v) is 7.63. The molecule has 1 rings (SSSR count). The number of hydrogen-bond acceptors (Lipinski definition) is 3. The van der Waals surface area contributed by atoms with Gasteiger partial charge >= 0.3 is 0 Å². The number of rotatable bonds is 2. The Kier molecular flexibility index (Phi) is 2.97. The molecule has 0 unspecified atom stereocenters. The molecule has 4 nitrogen and oxygen atoms in total. The summed E-state index contributed by atoms with van der Waals surface area (Å²) in [6, 6.07) is 4.52. The summed E-state index contributed by atoms with van der Waals surface area (Å²) in [5.74, 6) is -0.337. The van der Waals surface area contributed by atoms with Crippen molar-refractivity contribution in [3.8, 4) is 0 Å². The minimum Gasteiger partial charge on any atom is -0.355 e. The van der Waals surface area contributed by atoms with Crippen LogP contribution >= 0.6 is 11.6 Å². The van der Waals surface area contributed by atoms with E-state index in [0.29, 0.717) is 0 Å². The molecule has 1 aromatic rings. The van der Waals surface area contributed by atoms with Crippen LogP contribution in [0.25, 0.3) is 0 Å². The van der Waals surface area contributed by atoms with Crippen LogP contribution < -0.4 is 5.32 Å². The summed E-state index contributed by atoms with van der Waals surface area (Å²) in [6.45, 7) is 0. The average molecular weight is 199 g/mol. The standard InChI is InChI=1S/C8H7ClN2O2/c1-10-8(12)5-3-2-4-6(11-13)7(5)9/h2-4H,1H3,(H,10,12). The van der Waals surface area contributed by atoms with Crippen LogP contribution in [0.4, 0.5) is 5.69 Å². The lowest BCUT2D eigenvalue weighted by Gasteiger charge is -2.02. The highest BCUT2D eigenvalue weighted by molar-refractivity contribution is 6.36. The largest absolute Gasteiger partial charge is 0.355 e. The van der Waals surface area contributed by atoms with Gasteiger partial charge < -0.3 is 5.32 Å². The molecule has 0 radical (unpaired) electrons. The zero-order valence-electron chi connectivity index (χ0n) is 6.87. The van der Waals surface area contributed by atoms with Crippen molar-refractivity contribution in [1.82, 2.24) is 5.32 Å². The van der Waals surface area contributed by atoms with Gasteiger partial charge in [-0.1, -0.05) is 17.7 Å². The van der Waals surface area contributed by atoms with Crippen molar-refractivity contribution in [2.75, 3.05) is 7.05 Å². The Balaban J connectivity index is 3.23. The maximum absolute atomic E-state index is 11.2. The van der Waals surface area contributed by atoms with Crippen LogP contribution in [0.5, 0.6) is 0 Å². The van der Waals surface area contributed by atoms with Gasteiger partial charge in [0.15, 0.2) is 0 Å². The highest BCUT2D eigenvalue weighted by atomic mass is 35.5. The Bertz CT molecular complexity index is 352. The first-order valence-electron chi connectivity index (χ1n) is 3.54. The number of nitroso groups, excluding NO2 is 1. The van der Waals surface area contributed by atoms with E-state index in [1.807, 2.05) is 0 Å². The van der Waals surface area contributed by atoms with E-state index in [0.717, 1.165) is 0 Å². The normalized spacial score (nSPS) is 9.38. The molecule has 1 aromatic carbocycles. The van der Waals surface area contributed by atoms with Gasteiger partial charge in [0.2, 0.25) is 0 Å². The van der Waals surface area contributed by atoms with E-state index < -0.39 is 0 Å². The van der Waals surface area contributed by atoms with E-state index >= 15 is 0 Å². The first kappa shape index (κ1) is 9.67. The van der Waals surface area contributed by atoms with Gasteiger partial charge in [0.05, 0.1) is 10.6 Å². The van der Waals surface area contributed by atoms with Gasteiger partial charge in [-0.3, -0.25) is 4.79 Å². The average Bonchev–Trinajstić information content (AvgIpc) is 2.17. The Labute approximate surface area is 79.9 Å². The second-order valence-corrected chi connectivity index (χ2v) is 2.69. The van der Waals surface area contributed by atoms with E-state index in [4.69, 9.17) is 11.6 Å². The molecule has 1 amide bonds. The topological polar surface area (TPSA) is 58.5 Å². The molecule has 0 aliphatic carbocycles. The van der Waals surface area contributed by atoms with Crippen molar-refractivity contribution in [1.29, 1.82) is 0 Å². The van der Waals surface area contributed by atoms with Crippen molar-refractivity contribution in [2.24, 2.45) is 5.18 Å². The van der Waals surface area contributed by atoms with Gasteiger partial charge in [0.25, 0.3) is 5.91 Å². The van der Waals surface area contributed by atoms with Crippen LogP contribution in [0.15, 0.2) is 23.4 Å². The van der Waals surface area contributed by atoms with E-state index in [1.165, 1.54) is 19.2 Å². The van der Waals surface area contributed by atoms with Crippen molar-refractivity contribution in [3.05, 3.63) is 33.7 Å². The van der Waals surface area contributed by atoms with Crippen LogP contribution in [-0.4, -0.2) is 13.0 Å². The van der Waals surface area contributed by atoms with Gasteiger partial charge in [0.1, 0.15) is 5.69 Å². The lowest BCUT2D eigenvalue weighted by atomic mass is 10.2. The Morgan fingerprint density at radius 2 is 2.23 bits per heavy atom.